The third kappa shape index (κ3) is 3.99. The average molecular weight is 237 g/mol. The molecular weight excluding hydrogens is 224 g/mol. The molecular formula is C7H13ClN4OS. The number of amides is 1. The largest absolute Gasteiger partial charge is 0.350 e. The third-order valence-electron chi connectivity index (χ3n) is 1.61. The monoisotopic (exact) mass is 236 g/mol. The van der Waals surface area contributed by atoms with Gasteiger partial charge in [0.2, 0.25) is 0 Å². The van der Waals surface area contributed by atoms with Crippen molar-refractivity contribution in [2.75, 3.05) is 13.1 Å². The van der Waals surface area contributed by atoms with Crippen LogP contribution in [0, 0.1) is 5.92 Å². The van der Waals surface area contributed by atoms with Crippen LogP contribution in [-0.4, -0.2) is 28.6 Å². The van der Waals surface area contributed by atoms with Crippen molar-refractivity contribution < 1.29 is 4.79 Å². The van der Waals surface area contributed by atoms with Gasteiger partial charge in [-0.1, -0.05) is 11.4 Å². The Morgan fingerprint density at radius 1 is 1.79 bits per heavy atom. The number of carbonyl (C=O) groups excluding carboxylic acids is 1. The predicted octanol–water partition coefficient (Wildman–Crippen LogP) is 0.284. The Hall–Kier alpha value is -0.720. The van der Waals surface area contributed by atoms with Gasteiger partial charge in [0.1, 0.15) is 0 Å². The van der Waals surface area contributed by atoms with E-state index in [4.69, 9.17) is 5.73 Å². The number of nitrogens with two attached hydrogens (primary N) is 1. The summed E-state index contributed by atoms with van der Waals surface area (Å²) in [6, 6.07) is 0. The lowest BCUT2D eigenvalue weighted by atomic mass is 10.2. The maximum Gasteiger partial charge on any atom is 0.272 e. The molecule has 0 aliphatic rings. The number of nitrogens with zero attached hydrogens (tertiary/aromatic N) is 2. The minimum atomic E-state index is -0.186. The molecule has 1 amide bonds. The van der Waals surface area contributed by atoms with Gasteiger partial charge in [0.05, 0.1) is 0 Å². The molecule has 1 aromatic rings. The van der Waals surface area contributed by atoms with E-state index < -0.39 is 0 Å². The van der Waals surface area contributed by atoms with E-state index in [2.05, 4.69) is 14.9 Å². The van der Waals surface area contributed by atoms with Gasteiger partial charge in [-0.2, -0.15) is 0 Å². The summed E-state index contributed by atoms with van der Waals surface area (Å²) in [5, 5.41) is 7.98. The van der Waals surface area contributed by atoms with Gasteiger partial charge < -0.3 is 11.1 Å². The molecule has 0 saturated heterocycles. The molecule has 0 saturated carbocycles. The number of rotatable bonds is 4. The van der Waals surface area contributed by atoms with E-state index in [1.165, 1.54) is 0 Å². The van der Waals surface area contributed by atoms with Crippen LogP contribution in [0.4, 0.5) is 0 Å². The Bertz CT molecular complexity index is 267. The molecule has 1 heterocycles. The maximum absolute atomic E-state index is 11.3. The lowest BCUT2D eigenvalue weighted by Crippen LogP contribution is -2.31. The first-order valence-corrected chi connectivity index (χ1v) is 4.83. The molecule has 0 fully saturated rings. The zero-order valence-electron chi connectivity index (χ0n) is 7.77. The first-order chi connectivity index (χ1) is 6.24. The van der Waals surface area contributed by atoms with E-state index >= 15 is 0 Å². The Balaban J connectivity index is 0.00000169. The summed E-state index contributed by atoms with van der Waals surface area (Å²) in [6.45, 7) is 3.11. The van der Waals surface area contributed by atoms with Crippen LogP contribution in [0.2, 0.25) is 0 Å². The van der Waals surface area contributed by atoms with Crippen molar-refractivity contribution in [2.24, 2.45) is 11.7 Å². The molecule has 0 aromatic carbocycles. The highest BCUT2D eigenvalue weighted by molar-refractivity contribution is 7.03. The van der Waals surface area contributed by atoms with E-state index in [1.54, 1.807) is 5.38 Å². The van der Waals surface area contributed by atoms with Gasteiger partial charge in [-0.05, 0) is 24.0 Å². The molecule has 0 aliphatic carbocycles. The standard InChI is InChI=1S/C7H12N4OS.ClH/c1-5(2-8)3-9-7(12)6-4-13-11-10-6;/h4-5H,2-3,8H2,1H3,(H,9,12);1H. The Labute approximate surface area is 92.6 Å². The zero-order chi connectivity index (χ0) is 9.68. The SMILES string of the molecule is CC(CN)CNC(=O)c1csnn1.Cl. The van der Waals surface area contributed by atoms with Gasteiger partial charge in [0, 0.05) is 11.9 Å². The molecule has 7 heteroatoms. The second kappa shape index (κ2) is 6.69. The molecule has 3 N–H and O–H groups in total. The Morgan fingerprint density at radius 2 is 2.50 bits per heavy atom. The maximum atomic E-state index is 11.3. The summed E-state index contributed by atoms with van der Waals surface area (Å²) in [7, 11) is 0. The fraction of sp³-hybridized carbons (Fsp3) is 0.571. The molecule has 14 heavy (non-hydrogen) atoms. The van der Waals surface area contributed by atoms with Gasteiger partial charge in [-0.3, -0.25) is 4.79 Å². The summed E-state index contributed by atoms with van der Waals surface area (Å²) in [5.41, 5.74) is 5.77. The van der Waals surface area contributed by atoms with Gasteiger partial charge in [0.15, 0.2) is 5.69 Å². The zero-order valence-corrected chi connectivity index (χ0v) is 9.40. The summed E-state index contributed by atoms with van der Waals surface area (Å²) < 4.78 is 3.60. The molecule has 0 spiro atoms. The predicted molar refractivity (Wildman–Crippen MR) is 57.7 cm³/mol. The number of carbonyl (C=O) groups is 1. The number of hydrogen-bond acceptors (Lipinski definition) is 5. The van der Waals surface area contributed by atoms with Crippen molar-refractivity contribution in [3.05, 3.63) is 11.1 Å². The highest BCUT2D eigenvalue weighted by Gasteiger charge is 2.08. The molecule has 0 bridgehead atoms. The lowest BCUT2D eigenvalue weighted by Gasteiger charge is -2.08. The second-order valence-electron chi connectivity index (χ2n) is 2.84. The minimum absolute atomic E-state index is 0. The molecule has 1 rings (SSSR count). The first kappa shape index (κ1) is 13.3. The third-order valence-corrected chi connectivity index (χ3v) is 2.11. The number of aromatic nitrogens is 2. The van der Waals surface area contributed by atoms with Gasteiger partial charge >= 0.3 is 0 Å². The fourth-order valence-corrected chi connectivity index (χ4v) is 1.14. The number of nitrogens with one attached hydrogen (secondary N) is 1. The van der Waals surface area contributed by atoms with Crippen molar-refractivity contribution in [2.45, 2.75) is 6.92 Å². The molecule has 0 aliphatic heterocycles. The Morgan fingerprint density at radius 3 is 3.00 bits per heavy atom. The van der Waals surface area contributed by atoms with Gasteiger partial charge in [-0.15, -0.1) is 17.5 Å². The summed E-state index contributed by atoms with van der Waals surface area (Å²) in [4.78, 5) is 11.3. The minimum Gasteiger partial charge on any atom is -0.350 e. The van der Waals surface area contributed by atoms with Crippen LogP contribution in [-0.2, 0) is 0 Å². The molecule has 0 radical (unpaired) electrons. The summed E-state index contributed by atoms with van der Waals surface area (Å²) in [6.07, 6.45) is 0. The Kier molecular flexibility index (Phi) is 6.35. The average Bonchev–Trinajstić information content (AvgIpc) is 2.66. The van der Waals surface area contributed by atoms with Crippen LogP contribution < -0.4 is 11.1 Å². The smallest absolute Gasteiger partial charge is 0.272 e. The van der Waals surface area contributed by atoms with Crippen LogP contribution in [0.3, 0.4) is 0 Å². The van der Waals surface area contributed by atoms with E-state index in [-0.39, 0.29) is 24.2 Å². The highest BCUT2D eigenvalue weighted by Crippen LogP contribution is 1.97. The van der Waals surface area contributed by atoms with Crippen LogP contribution >= 0.6 is 23.9 Å². The number of hydrogen-bond donors (Lipinski definition) is 2. The first-order valence-electron chi connectivity index (χ1n) is 3.99. The van der Waals surface area contributed by atoms with Crippen molar-refractivity contribution >= 4 is 29.8 Å². The van der Waals surface area contributed by atoms with Crippen LogP contribution in [0.1, 0.15) is 17.4 Å². The van der Waals surface area contributed by atoms with Gasteiger partial charge in [-0.25, -0.2) is 0 Å². The second-order valence-corrected chi connectivity index (χ2v) is 3.45. The quantitative estimate of drug-likeness (QED) is 0.787. The highest BCUT2D eigenvalue weighted by atomic mass is 35.5. The van der Waals surface area contributed by atoms with E-state index in [9.17, 15) is 4.79 Å². The van der Waals surface area contributed by atoms with E-state index in [0.29, 0.717) is 18.8 Å². The van der Waals surface area contributed by atoms with Crippen molar-refractivity contribution in [3.63, 3.8) is 0 Å². The van der Waals surface area contributed by atoms with Crippen molar-refractivity contribution in [3.8, 4) is 0 Å². The normalized spacial score (nSPS) is 11.6. The van der Waals surface area contributed by atoms with Crippen molar-refractivity contribution in [1.29, 1.82) is 0 Å². The molecule has 5 nitrogen and oxygen atoms in total. The molecule has 1 aromatic heterocycles. The molecule has 80 valence electrons. The topological polar surface area (TPSA) is 80.9 Å². The summed E-state index contributed by atoms with van der Waals surface area (Å²) in [5.74, 6) is 0.101. The molecule has 1 unspecified atom stereocenters. The van der Waals surface area contributed by atoms with Crippen LogP contribution in [0.25, 0.3) is 0 Å². The van der Waals surface area contributed by atoms with E-state index in [0.717, 1.165) is 11.5 Å². The van der Waals surface area contributed by atoms with Gasteiger partial charge in [0.25, 0.3) is 5.91 Å². The van der Waals surface area contributed by atoms with Crippen LogP contribution in [0.15, 0.2) is 5.38 Å². The van der Waals surface area contributed by atoms with E-state index in [1.807, 2.05) is 6.92 Å². The number of halogens is 1. The lowest BCUT2D eigenvalue weighted by molar-refractivity contribution is 0.0943. The van der Waals surface area contributed by atoms with Crippen molar-refractivity contribution in [1.82, 2.24) is 14.9 Å². The van der Waals surface area contributed by atoms with Crippen LogP contribution in [0.5, 0.6) is 0 Å². The summed E-state index contributed by atoms with van der Waals surface area (Å²) >= 11 is 1.16. The fourth-order valence-electron chi connectivity index (χ4n) is 0.704. The molecule has 1 atom stereocenters.